The standard InChI is InChI=1S/C7H14N4O/c1-3-4-5-11-6(8)9-7(10-11)12-2/h3-5H2,1-2H3,(H2,8,9,10). The number of nitrogens with zero attached hydrogens (tertiary/aromatic N) is 3. The largest absolute Gasteiger partial charge is 0.466 e. The van der Waals surface area contributed by atoms with Gasteiger partial charge in [-0.3, -0.25) is 0 Å². The number of nitrogens with two attached hydrogens (primary N) is 1. The van der Waals surface area contributed by atoms with Crippen LogP contribution in [0, 0.1) is 0 Å². The minimum absolute atomic E-state index is 0.337. The van der Waals surface area contributed by atoms with Crippen molar-refractivity contribution in [3.05, 3.63) is 0 Å². The summed E-state index contributed by atoms with van der Waals surface area (Å²) in [6.07, 6.45) is 2.17. The van der Waals surface area contributed by atoms with Crippen LogP contribution in [0.2, 0.25) is 0 Å². The van der Waals surface area contributed by atoms with Crippen LogP contribution in [0.1, 0.15) is 19.8 Å². The van der Waals surface area contributed by atoms with Crippen molar-refractivity contribution >= 4 is 5.95 Å². The minimum atomic E-state index is 0.337. The highest BCUT2D eigenvalue weighted by Crippen LogP contribution is 2.07. The third kappa shape index (κ3) is 1.87. The quantitative estimate of drug-likeness (QED) is 0.721. The first-order valence-electron chi connectivity index (χ1n) is 4.02. The predicted molar refractivity (Wildman–Crippen MR) is 45.9 cm³/mol. The SMILES string of the molecule is CCCCn1nc(OC)nc1N. The van der Waals surface area contributed by atoms with Gasteiger partial charge in [0.2, 0.25) is 5.95 Å². The van der Waals surface area contributed by atoms with Crippen molar-refractivity contribution in [2.75, 3.05) is 12.8 Å². The van der Waals surface area contributed by atoms with Crippen LogP contribution < -0.4 is 10.5 Å². The second-order valence-corrected chi connectivity index (χ2v) is 2.53. The molecule has 0 saturated carbocycles. The zero-order valence-corrected chi connectivity index (χ0v) is 7.45. The van der Waals surface area contributed by atoms with E-state index in [1.165, 1.54) is 7.11 Å². The van der Waals surface area contributed by atoms with E-state index in [4.69, 9.17) is 10.5 Å². The molecule has 0 spiro atoms. The maximum absolute atomic E-state index is 5.57. The number of aryl methyl sites for hydroxylation is 1. The van der Waals surface area contributed by atoms with Gasteiger partial charge >= 0.3 is 6.01 Å². The van der Waals surface area contributed by atoms with E-state index < -0.39 is 0 Å². The van der Waals surface area contributed by atoms with Crippen molar-refractivity contribution in [2.45, 2.75) is 26.3 Å². The topological polar surface area (TPSA) is 66.0 Å². The third-order valence-electron chi connectivity index (χ3n) is 1.59. The van der Waals surface area contributed by atoms with E-state index in [1.807, 2.05) is 0 Å². The van der Waals surface area contributed by atoms with E-state index in [9.17, 15) is 0 Å². The molecule has 2 N–H and O–H groups in total. The Morgan fingerprint density at radius 3 is 2.83 bits per heavy atom. The Morgan fingerprint density at radius 2 is 2.33 bits per heavy atom. The normalized spacial score (nSPS) is 10.2. The fourth-order valence-electron chi connectivity index (χ4n) is 0.891. The fraction of sp³-hybridized carbons (Fsp3) is 0.714. The van der Waals surface area contributed by atoms with Gasteiger partial charge in [0.1, 0.15) is 0 Å². The first kappa shape index (κ1) is 8.83. The summed E-state index contributed by atoms with van der Waals surface area (Å²) in [5.41, 5.74) is 5.57. The molecule has 0 amide bonds. The molecule has 1 rings (SSSR count). The van der Waals surface area contributed by atoms with Gasteiger partial charge in [-0.2, -0.15) is 4.98 Å². The summed E-state index contributed by atoms with van der Waals surface area (Å²) in [6, 6.07) is 0.337. The fourth-order valence-corrected chi connectivity index (χ4v) is 0.891. The monoisotopic (exact) mass is 170 g/mol. The van der Waals surface area contributed by atoms with E-state index in [0.29, 0.717) is 12.0 Å². The lowest BCUT2D eigenvalue weighted by Crippen LogP contribution is -2.04. The van der Waals surface area contributed by atoms with Crippen LogP contribution in [-0.2, 0) is 6.54 Å². The average molecular weight is 170 g/mol. The van der Waals surface area contributed by atoms with Gasteiger partial charge in [0.05, 0.1) is 7.11 Å². The molecular weight excluding hydrogens is 156 g/mol. The summed E-state index contributed by atoms with van der Waals surface area (Å²) >= 11 is 0. The number of aromatic nitrogens is 3. The second kappa shape index (κ2) is 3.94. The van der Waals surface area contributed by atoms with E-state index in [2.05, 4.69) is 17.0 Å². The van der Waals surface area contributed by atoms with Crippen molar-refractivity contribution in [1.82, 2.24) is 14.8 Å². The van der Waals surface area contributed by atoms with Crippen LogP contribution in [0.25, 0.3) is 0 Å². The summed E-state index contributed by atoms with van der Waals surface area (Å²) < 4.78 is 6.49. The van der Waals surface area contributed by atoms with E-state index in [-0.39, 0.29) is 0 Å². The maximum Gasteiger partial charge on any atom is 0.337 e. The summed E-state index contributed by atoms with van der Waals surface area (Å²) in [6.45, 7) is 2.92. The molecule has 1 aromatic rings. The molecule has 0 aromatic carbocycles. The Morgan fingerprint density at radius 1 is 1.58 bits per heavy atom. The van der Waals surface area contributed by atoms with Gasteiger partial charge < -0.3 is 10.5 Å². The lowest BCUT2D eigenvalue weighted by molar-refractivity contribution is 0.374. The van der Waals surface area contributed by atoms with Crippen LogP contribution in [0.4, 0.5) is 5.95 Å². The van der Waals surface area contributed by atoms with Crippen molar-refractivity contribution in [2.24, 2.45) is 0 Å². The molecule has 0 radical (unpaired) electrons. The van der Waals surface area contributed by atoms with Crippen molar-refractivity contribution in [1.29, 1.82) is 0 Å². The number of nitrogen functional groups attached to an aromatic ring is 1. The molecule has 0 saturated heterocycles. The number of rotatable bonds is 4. The molecule has 0 fully saturated rings. The molecule has 0 bridgehead atoms. The van der Waals surface area contributed by atoms with Crippen LogP contribution in [0.5, 0.6) is 6.01 Å². The van der Waals surface area contributed by atoms with Gasteiger partial charge in [-0.25, -0.2) is 4.68 Å². The first-order valence-corrected chi connectivity index (χ1v) is 4.02. The Kier molecular flexibility index (Phi) is 2.90. The molecule has 68 valence electrons. The van der Waals surface area contributed by atoms with Crippen molar-refractivity contribution < 1.29 is 4.74 Å². The number of hydrogen-bond donors (Lipinski definition) is 1. The molecule has 12 heavy (non-hydrogen) atoms. The van der Waals surface area contributed by atoms with Crippen molar-refractivity contribution in [3.63, 3.8) is 0 Å². The summed E-state index contributed by atoms with van der Waals surface area (Å²) in [5.74, 6) is 0.417. The zero-order valence-electron chi connectivity index (χ0n) is 7.45. The second-order valence-electron chi connectivity index (χ2n) is 2.53. The average Bonchev–Trinajstić information content (AvgIpc) is 2.43. The van der Waals surface area contributed by atoms with Gasteiger partial charge in [0.25, 0.3) is 0 Å². The van der Waals surface area contributed by atoms with Gasteiger partial charge in [-0.1, -0.05) is 13.3 Å². The third-order valence-corrected chi connectivity index (χ3v) is 1.59. The van der Waals surface area contributed by atoms with Crippen LogP contribution >= 0.6 is 0 Å². The van der Waals surface area contributed by atoms with Crippen molar-refractivity contribution in [3.8, 4) is 6.01 Å². The molecule has 0 aliphatic heterocycles. The summed E-state index contributed by atoms with van der Waals surface area (Å²) in [4.78, 5) is 3.89. The molecule has 1 aromatic heterocycles. The Balaban J connectivity index is 2.64. The Labute approximate surface area is 71.5 Å². The molecule has 0 aliphatic rings. The van der Waals surface area contributed by atoms with E-state index in [1.54, 1.807) is 4.68 Å². The highest BCUT2D eigenvalue weighted by atomic mass is 16.5. The maximum atomic E-state index is 5.57. The number of methoxy groups -OCH3 is 1. The number of hydrogen-bond acceptors (Lipinski definition) is 4. The van der Waals surface area contributed by atoms with Gasteiger partial charge in [-0.15, -0.1) is 5.10 Å². The van der Waals surface area contributed by atoms with Crippen LogP contribution in [0.15, 0.2) is 0 Å². The Bertz CT molecular complexity index is 246. The number of ether oxygens (including phenoxy) is 1. The molecule has 5 nitrogen and oxygen atoms in total. The smallest absolute Gasteiger partial charge is 0.337 e. The van der Waals surface area contributed by atoms with Gasteiger partial charge in [0, 0.05) is 6.54 Å². The number of anilines is 1. The molecular formula is C7H14N4O. The molecule has 0 atom stereocenters. The van der Waals surface area contributed by atoms with E-state index >= 15 is 0 Å². The van der Waals surface area contributed by atoms with Crippen LogP contribution in [-0.4, -0.2) is 21.9 Å². The lowest BCUT2D eigenvalue weighted by atomic mass is 10.3. The first-order chi connectivity index (χ1) is 5.77. The number of unbranched alkanes of at least 4 members (excludes halogenated alkanes) is 1. The van der Waals surface area contributed by atoms with E-state index in [0.717, 1.165) is 19.4 Å². The van der Waals surface area contributed by atoms with Gasteiger partial charge in [-0.05, 0) is 6.42 Å². The molecule has 5 heteroatoms. The zero-order chi connectivity index (χ0) is 8.97. The van der Waals surface area contributed by atoms with Crippen LogP contribution in [0.3, 0.4) is 0 Å². The highest BCUT2D eigenvalue weighted by Gasteiger charge is 2.04. The lowest BCUT2D eigenvalue weighted by Gasteiger charge is -1.98. The minimum Gasteiger partial charge on any atom is -0.466 e. The molecule has 0 unspecified atom stereocenters. The molecule has 0 aliphatic carbocycles. The summed E-state index contributed by atoms with van der Waals surface area (Å²) in [7, 11) is 1.53. The predicted octanol–water partition coefficient (Wildman–Crippen LogP) is 0.669. The molecule has 1 heterocycles. The Hall–Kier alpha value is -1.26. The summed E-state index contributed by atoms with van der Waals surface area (Å²) in [5, 5.41) is 4.02. The van der Waals surface area contributed by atoms with Gasteiger partial charge in [0.15, 0.2) is 0 Å². The highest BCUT2D eigenvalue weighted by molar-refractivity contribution is 5.17.